The quantitative estimate of drug-likeness (QED) is 0.424. The van der Waals surface area contributed by atoms with Crippen molar-refractivity contribution in [3.05, 3.63) is 106 Å². The van der Waals surface area contributed by atoms with E-state index in [0.29, 0.717) is 11.3 Å². The minimum Gasteiger partial charge on any atom is -0.344 e. The number of carbonyl (C=O) groups is 1. The first-order chi connectivity index (χ1) is 16.4. The molecule has 0 bridgehead atoms. The highest BCUT2D eigenvalue weighted by atomic mass is 19.1. The van der Waals surface area contributed by atoms with E-state index < -0.39 is 17.5 Å². The topological polar surface area (TPSA) is 103 Å². The van der Waals surface area contributed by atoms with Crippen molar-refractivity contribution in [1.29, 1.82) is 5.26 Å². The summed E-state index contributed by atoms with van der Waals surface area (Å²) in [6, 6.07) is 20.8. The molecule has 0 saturated carbocycles. The molecule has 1 unspecified atom stereocenters. The van der Waals surface area contributed by atoms with Crippen molar-refractivity contribution in [3.63, 3.8) is 0 Å². The van der Waals surface area contributed by atoms with Crippen LogP contribution in [-0.4, -0.2) is 20.5 Å². The van der Waals surface area contributed by atoms with Crippen molar-refractivity contribution < 1.29 is 9.18 Å². The molecule has 166 valence electrons. The molecule has 0 fully saturated rings. The van der Waals surface area contributed by atoms with Crippen molar-refractivity contribution >= 4 is 22.2 Å². The van der Waals surface area contributed by atoms with Crippen LogP contribution in [0, 0.1) is 17.1 Å². The Kier molecular flexibility index (Phi) is 5.15. The molecule has 0 saturated heterocycles. The van der Waals surface area contributed by atoms with E-state index >= 15 is 0 Å². The van der Waals surface area contributed by atoms with Crippen molar-refractivity contribution in [1.82, 2.24) is 19.9 Å². The van der Waals surface area contributed by atoms with Crippen LogP contribution in [0.25, 0.3) is 27.5 Å². The van der Waals surface area contributed by atoms with Gasteiger partial charge in [0.15, 0.2) is 5.69 Å². The standard InChI is InChI=1S/C26H18FN5O2/c1-15(16-8-10-20(27)11-9-16)29-25(33)23-21(13-28)24-26(34)30-22(14-32(24)31-23)19-7-6-17-4-2-3-5-18(17)12-19/h2-12,14-15H,1H3,(H,29,33)(H,30,34). The highest BCUT2D eigenvalue weighted by molar-refractivity contribution is 5.97. The van der Waals surface area contributed by atoms with E-state index in [1.165, 1.54) is 16.6 Å². The first-order valence-electron chi connectivity index (χ1n) is 10.6. The number of nitriles is 1. The van der Waals surface area contributed by atoms with Crippen LogP contribution in [0.4, 0.5) is 4.39 Å². The van der Waals surface area contributed by atoms with Crippen LogP contribution in [0.2, 0.25) is 0 Å². The second kappa shape index (κ2) is 8.30. The van der Waals surface area contributed by atoms with E-state index in [0.717, 1.165) is 16.3 Å². The van der Waals surface area contributed by atoms with E-state index in [9.17, 15) is 19.2 Å². The smallest absolute Gasteiger partial charge is 0.275 e. The molecule has 2 heterocycles. The first-order valence-corrected chi connectivity index (χ1v) is 10.6. The van der Waals surface area contributed by atoms with E-state index in [2.05, 4.69) is 15.4 Å². The Balaban J connectivity index is 1.54. The molecule has 2 N–H and O–H groups in total. The summed E-state index contributed by atoms with van der Waals surface area (Å²) in [6.07, 6.45) is 1.59. The molecule has 8 heteroatoms. The van der Waals surface area contributed by atoms with Crippen LogP contribution in [0.15, 0.2) is 77.7 Å². The van der Waals surface area contributed by atoms with Gasteiger partial charge in [0.05, 0.1) is 17.9 Å². The fraction of sp³-hybridized carbons (Fsp3) is 0.0769. The second-order valence-electron chi connectivity index (χ2n) is 7.93. The molecule has 0 spiro atoms. The maximum absolute atomic E-state index is 13.2. The van der Waals surface area contributed by atoms with Gasteiger partial charge < -0.3 is 10.3 Å². The van der Waals surface area contributed by atoms with Gasteiger partial charge in [-0.3, -0.25) is 9.59 Å². The van der Waals surface area contributed by atoms with E-state index in [1.807, 2.05) is 48.5 Å². The van der Waals surface area contributed by atoms with Gasteiger partial charge >= 0.3 is 0 Å². The summed E-state index contributed by atoms with van der Waals surface area (Å²) in [5.41, 5.74) is 1.15. The van der Waals surface area contributed by atoms with Gasteiger partial charge in [-0.15, -0.1) is 0 Å². The molecule has 34 heavy (non-hydrogen) atoms. The van der Waals surface area contributed by atoms with Gasteiger partial charge in [-0.05, 0) is 41.5 Å². The summed E-state index contributed by atoms with van der Waals surface area (Å²) in [4.78, 5) is 28.6. The summed E-state index contributed by atoms with van der Waals surface area (Å²) >= 11 is 0. The minimum absolute atomic E-state index is 0.00776. The molecule has 0 aliphatic heterocycles. The average molecular weight is 451 g/mol. The number of carbonyl (C=O) groups excluding carboxylic acids is 1. The van der Waals surface area contributed by atoms with E-state index in [-0.39, 0.29) is 22.6 Å². The number of nitrogens with one attached hydrogen (secondary N) is 2. The van der Waals surface area contributed by atoms with Crippen molar-refractivity contribution in [2.75, 3.05) is 0 Å². The Bertz CT molecular complexity index is 1660. The molecule has 5 aromatic rings. The number of hydrogen-bond donors (Lipinski definition) is 2. The zero-order chi connectivity index (χ0) is 23.8. The van der Waals surface area contributed by atoms with E-state index in [4.69, 9.17) is 0 Å². The first kappa shape index (κ1) is 21.1. The van der Waals surface area contributed by atoms with Gasteiger partial charge in [-0.25, -0.2) is 8.91 Å². The Hall–Kier alpha value is -4.77. The normalized spacial score (nSPS) is 11.9. The highest BCUT2D eigenvalue weighted by Gasteiger charge is 2.23. The number of aromatic amines is 1. The summed E-state index contributed by atoms with van der Waals surface area (Å²) in [5.74, 6) is -0.987. The van der Waals surface area contributed by atoms with Crippen molar-refractivity contribution in [3.8, 4) is 17.3 Å². The molecule has 3 aromatic carbocycles. The van der Waals surface area contributed by atoms with Gasteiger partial charge in [0, 0.05) is 5.56 Å². The van der Waals surface area contributed by atoms with Gasteiger partial charge in [-0.2, -0.15) is 10.4 Å². The van der Waals surface area contributed by atoms with Crippen LogP contribution >= 0.6 is 0 Å². The molecule has 0 radical (unpaired) electrons. The third-order valence-corrected chi connectivity index (χ3v) is 5.73. The summed E-state index contributed by atoms with van der Waals surface area (Å²) in [6.45, 7) is 1.73. The maximum Gasteiger partial charge on any atom is 0.275 e. The van der Waals surface area contributed by atoms with Crippen LogP contribution in [0.3, 0.4) is 0 Å². The van der Waals surface area contributed by atoms with Crippen LogP contribution in [-0.2, 0) is 0 Å². The predicted molar refractivity (Wildman–Crippen MR) is 126 cm³/mol. The lowest BCUT2D eigenvalue weighted by atomic mass is 10.1. The van der Waals surface area contributed by atoms with Crippen LogP contribution in [0.1, 0.15) is 34.6 Å². The van der Waals surface area contributed by atoms with Crippen LogP contribution < -0.4 is 10.9 Å². The Morgan fingerprint density at radius 2 is 1.85 bits per heavy atom. The number of benzene rings is 3. The van der Waals surface area contributed by atoms with Crippen LogP contribution in [0.5, 0.6) is 0 Å². The lowest BCUT2D eigenvalue weighted by Crippen LogP contribution is -2.27. The lowest BCUT2D eigenvalue weighted by molar-refractivity contribution is 0.0934. The summed E-state index contributed by atoms with van der Waals surface area (Å²) in [5, 5.41) is 18.8. The molecule has 0 aliphatic rings. The molecular weight excluding hydrogens is 433 g/mol. The lowest BCUT2D eigenvalue weighted by Gasteiger charge is -2.13. The van der Waals surface area contributed by atoms with Gasteiger partial charge in [0.2, 0.25) is 0 Å². The molecule has 5 rings (SSSR count). The number of hydrogen-bond acceptors (Lipinski definition) is 4. The molecule has 0 aliphatic carbocycles. The molecule has 7 nitrogen and oxygen atoms in total. The zero-order valence-corrected chi connectivity index (χ0v) is 18.0. The molecule has 1 atom stereocenters. The minimum atomic E-state index is -0.608. The average Bonchev–Trinajstić information content (AvgIpc) is 3.23. The van der Waals surface area contributed by atoms with Crippen molar-refractivity contribution in [2.45, 2.75) is 13.0 Å². The van der Waals surface area contributed by atoms with E-state index in [1.54, 1.807) is 25.3 Å². The molecule has 2 aromatic heterocycles. The predicted octanol–water partition coefficient (Wildman–Crippen LogP) is 4.34. The Labute approximate surface area is 193 Å². The number of aromatic nitrogens is 3. The number of H-pyrrole nitrogens is 1. The summed E-state index contributed by atoms with van der Waals surface area (Å²) in [7, 11) is 0. The Morgan fingerprint density at radius 3 is 2.59 bits per heavy atom. The Morgan fingerprint density at radius 1 is 1.12 bits per heavy atom. The third kappa shape index (κ3) is 3.69. The maximum atomic E-state index is 13.2. The van der Waals surface area contributed by atoms with Gasteiger partial charge in [0.25, 0.3) is 11.5 Å². The fourth-order valence-corrected chi connectivity index (χ4v) is 3.95. The molecular formula is C26H18FN5O2. The summed E-state index contributed by atoms with van der Waals surface area (Å²) < 4.78 is 14.5. The monoisotopic (exact) mass is 451 g/mol. The number of amides is 1. The van der Waals surface area contributed by atoms with Gasteiger partial charge in [-0.1, -0.05) is 48.5 Å². The third-order valence-electron chi connectivity index (χ3n) is 5.73. The second-order valence-corrected chi connectivity index (χ2v) is 7.93. The SMILES string of the molecule is CC(NC(=O)c1nn2cc(-c3ccc4ccccc4c3)[nH]c(=O)c2c1C#N)c1ccc(F)cc1. The highest BCUT2D eigenvalue weighted by Crippen LogP contribution is 2.23. The van der Waals surface area contributed by atoms with Gasteiger partial charge in [0.1, 0.15) is 23.0 Å². The number of fused-ring (bicyclic) bond motifs is 2. The number of halogens is 1. The zero-order valence-electron chi connectivity index (χ0n) is 18.0. The number of nitrogens with zero attached hydrogens (tertiary/aromatic N) is 3. The van der Waals surface area contributed by atoms with Crippen molar-refractivity contribution in [2.24, 2.45) is 0 Å². The molecule has 1 amide bonds. The fourth-order valence-electron chi connectivity index (χ4n) is 3.95. The number of rotatable bonds is 4. The largest absolute Gasteiger partial charge is 0.344 e.